The maximum atomic E-state index is 10.9. The maximum Gasteiger partial charge on any atom is 0.362 e. The fraction of sp³-hybridized carbons (Fsp3) is 0.167. The Hall–Kier alpha value is -1.43. The largest absolute Gasteiger partial charge is 0.369 e. The van der Waals surface area contributed by atoms with Gasteiger partial charge in [0.25, 0.3) is 0 Å². The van der Waals surface area contributed by atoms with Gasteiger partial charge in [0.2, 0.25) is 17.3 Å². The van der Waals surface area contributed by atoms with Crippen LogP contribution in [0.15, 0.2) is 4.79 Å². The van der Waals surface area contributed by atoms with Crippen LogP contribution in [-0.2, 0) is 0 Å². The summed E-state index contributed by atoms with van der Waals surface area (Å²) in [6, 6.07) is 0. The Bertz CT molecular complexity index is 486. The molecule has 2 aromatic rings. The highest BCUT2D eigenvalue weighted by Crippen LogP contribution is 2.15. The van der Waals surface area contributed by atoms with Gasteiger partial charge in [-0.25, -0.2) is 14.8 Å². The molecular weight excluding hydrogens is 176 g/mol. The van der Waals surface area contributed by atoms with Gasteiger partial charge in [0, 0.05) is 6.92 Å². The van der Waals surface area contributed by atoms with E-state index in [-0.39, 0.29) is 4.87 Å². The summed E-state index contributed by atoms with van der Waals surface area (Å²) in [7, 11) is 0. The second kappa shape index (κ2) is 2.28. The highest BCUT2D eigenvalue weighted by molar-refractivity contribution is 7.16. The molecule has 2 heterocycles. The molecule has 0 saturated heterocycles. The predicted octanol–water partition coefficient (Wildman–Crippen LogP) is -0.311. The lowest BCUT2D eigenvalue weighted by atomic mass is 10.5. The average Bonchev–Trinajstić information content (AvgIpc) is 2.29. The number of hydrogen-bond donors (Lipinski definition) is 2. The number of hydrogen-bond acceptors (Lipinski definition) is 4. The van der Waals surface area contributed by atoms with E-state index in [1.165, 1.54) is 0 Å². The van der Waals surface area contributed by atoms with Crippen molar-refractivity contribution < 1.29 is 4.98 Å². The summed E-state index contributed by atoms with van der Waals surface area (Å²) >= 11 is 1.06. The van der Waals surface area contributed by atoms with Gasteiger partial charge in [-0.15, -0.1) is 0 Å². The van der Waals surface area contributed by atoms with Crippen molar-refractivity contribution >= 4 is 27.5 Å². The number of aromatic amines is 2. The van der Waals surface area contributed by atoms with Crippen molar-refractivity contribution in [2.45, 2.75) is 6.92 Å². The summed E-state index contributed by atoms with van der Waals surface area (Å²) in [6.07, 6.45) is 0. The lowest BCUT2D eigenvalue weighted by molar-refractivity contribution is -0.362. The van der Waals surface area contributed by atoms with Crippen LogP contribution in [0, 0.1) is 6.92 Å². The maximum absolute atomic E-state index is 10.9. The minimum Gasteiger partial charge on any atom is -0.369 e. The number of aromatic nitrogens is 3. The van der Waals surface area contributed by atoms with Gasteiger partial charge >= 0.3 is 4.87 Å². The summed E-state index contributed by atoms with van der Waals surface area (Å²) in [5.74, 6) is 1.08. The van der Waals surface area contributed by atoms with Gasteiger partial charge in [0.15, 0.2) is 4.70 Å². The average molecular weight is 183 g/mol. The highest BCUT2D eigenvalue weighted by atomic mass is 32.1. The van der Waals surface area contributed by atoms with E-state index in [0.29, 0.717) is 22.0 Å². The van der Waals surface area contributed by atoms with E-state index in [0.717, 1.165) is 11.3 Å². The Labute approximate surface area is 71.3 Å². The minimum atomic E-state index is -0.125. The molecule has 0 fully saturated rings. The van der Waals surface area contributed by atoms with Crippen LogP contribution >= 0.6 is 11.3 Å². The fourth-order valence-electron chi connectivity index (χ4n) is 1.04. The van der Waals surface area contributed by atoms with E-state index in [4.69, 9.17) is 5.73 Å². The van der Waals surface area contributed by atoms with Crippen molar-refractivity contribution in [2.75, 3.05) is 5.73 Å². The fourth-order valence-corrected chi connectivity index (χ4v) is 1.73. The molecule has 0 radical (unpaired) electrons. The van der Waals surface area contributed by atoms with Crippen LogP contribution < -0.4 is 15.6 Å². The quantitative estimate of drug-likeness (QED) is 0.587. The third-order valence-corrected chi connectivity index (χ3v) is 2.38. The van der Waals surface area contributed by atoms with Gasteiger partial charge in [-0.05, 0) is 11.3 Å². The van der Waals surface area contributed by atoms with Crippen molar-refractivity contribution in [3.05, 3.63) is 15.5 Å². The van der Waals surface area contributed by atoms with E-state index in [1.54, 1.807) is 6.92 Å². The number of rotatable bonds is 0. The SMILES string of the molecule is Cc1nc(N)c2sc(=O)[nH]c2[nH+]1. The van der Waals surface area contributed by atoms with Gasteiger partial charge in [0.1, 0.15) is 0 Å². The topological polar surface area (TPSA) is 85.9 Å². The Balaban J connectivity index is 2.97. The van der Waals surface area contributed by atoms with Crippen molar-refractivity contribution in [3.8, 4) is 0 Å². The molecule has 0 saturated carbocycles. The molecule has 2 rings (SSSR count). The molecule has 0 aliphatic heterocycles. The van der Waals surface area contributed by atoms with Gasteiger partial charge in [-0.3, -0.25) is 0 Å². The van der Waals surface area contributed by atoms with E-state index in [2.05, 4.69) is 15.0 Å². The van der Waals surface area contributed by atoms with Gasteiger partial charge in [-0.2, -0.15) is 0 Å². The van der Waals surface area contributed by atoms with Crippen LogP contribution in [0.4, 0.5) is 5.82 Å². The molecule has 0 aliphatic carbocycles. The first-order valence-corrected chi connectivity index (χ1v) is 4.16. The highest BCUT2D eigenvalue weighted by Gasteiger charge is 2.11. The normalized spacial score (nSPS) is 10.8. The second-order valence-electron chi connectivity index (χ2n) is 2.43. The van der Waals surface area contributed by atoms with Crippen molar-refractivity contribution in [1.82, 2.24) is 9.97 Å². The Kier molecular flexibility index (Phi) is 1.37. The van der Waals surface area contributed by atoms with E-state index < -0.39 is 0 Å². The van der Waals surface area contributed by atoms with Crippen molar-refractivity contribution in [3.63, 3.8) is 0 Å². The van der Waals surface area contributed by atoms with Crippen molar-refractivity contribution in [1.29, 1.82) is 0 Å². The number of nitrogen functional groups attached to an aromatic ring is 1. The number of aryl methyl sites for hydroxylation is 1. The molecule has 0 unspecified atom stereocenters. The minimum absolute atomic E-state index is 0.125. The zero-order chi connectivity index (χ0) is 8.72. The van der Waals surface area contributed by atoms with E-state index in [9.17, 15) is 4.79 Å². The standard InChI is InChI=1S/C6H6N4OS/c1-2-8-4(7)3-5(9-2)10-6(11)12-3/h1H3,(H3,7,8,9,10,11)/p+1. The summed E-state index contributed by atoms with van der Waals surface area (Å²) in [5.41, 5.74) is 6.24. The molecular formula is C6H7N4OS+. The Morgan fingerprint density at radius 1 is 1.67 bits per heavy atom. The predicted molar refractivity (Wildman–Crippen MR) is 45.9 cm³/mol. The molecule has 4 N–H and O–H groups in total. The lowest BCUT2D eigenvalue weighted by Crippen LogP contribution is -2.13. The molecule has 0 bridgehead atoms. The zero-order valence-corrected chi connectivity index (χ0v) is 7.16. The smallest absolute Gasteiger partial charge is 0.362 e. The van der Waals surface area contributed by atoms with Crippen LogP contribution in [0.5, 0.6) is 0 Å². The van der Waals surface area contributed by atoms with Crippen molar-refractivity contribution in [2.24, 2.45) is 0 Å². The van der Waals surface area contributed by atoms with E-state index >= 15 is 0 Å². The lowest BCUT2D eigenvalue weighted by Gasteiger charge is -1.87. The van der Waals surface area contributed by atoms with Crippen LogP contribution in [0.2, 0.25) is 0 Å². The molecule has 6 heteroatoms. The molecule has 5 nitrogen and oxygen atoms in total. The first kappa shape index (κ1) is 7.23. The number of H-pyrrole nitrogens is 2. The second-order valence-corrected chi connectivity index (χ2v) is 3.41. The molecule has 0 spiro atoms. The third kappa shape index (κ3) is 0.964. The van der Waals surface area contributed by atoms with Gasteiger partial charge in [-0.1, -0.05) is 4.98 Å². The third-order valence-electron chi connectivity index (χ3n) is 1.48. The van der Waals surface area contributed by atoms with Crippen LogP contribution in [0.25, 0.3) is 10.3 Å². The Morgan fingerprint density at radius 2 is 2.42 bits per heavy atom. The number of nitrogens with two attached hydrogens (primary N) is 1. The van der Waals surface area contributed by atoms with E-state index in [1.807, 2.05) is 0 Å². The Morgan fingerprint density at radius 3 is 3.17 bits per heavy atom. The molecule has 0 aromatic carbocycles. The number of anilines is 1. The van der Waals surface area contributed by atoms with Crippen LogP contribution in [-0.4, -0.2) is 9.97 Å². The molecule has 0 amide bonds. The van der Waals surface area contributed by atoms with Crippen LogP contribution in [0.1, 0.15) is 5.82 Å². The molecule has 62 valence electrons. The molecule has 12 heavy (non-hydrogen) atoms. The van der Waals surface area contributed by atoms with Gasteiger partial charge < -0.3 is 5.73 Å². The van der Waals surface area contributed by atoms with Gasteiger partial charge in [0.05, 0.1) is 0 Å². The summed E-state index contributed by atoms with van der Waals surface area (Å²) in [4.78, 5) is 20.3. The number of nitrogens with zero attached hydrogens (tertiary/aromatic N) is 1. The molecule has 0 atom stereocenters. The number of fused-ring (bicyclic) bond motifs is 1. The zero-order valence-electron chi connectivity index (χ0n) is 6.34. The van der Waals surface area contributed by atoms with Crippen LogP contribution in [0.3, 0.4) is 0 Å². The summed E-state index contributed by atoms with van der Waals surface area (Å²) in [5, 5.41) is 0. The number of thiazole rings is 1. The summed E-state index contributed by atoms with van der Waals surface area (Å²) in [6.45, 7) is 1.78. The first-order chi connectivity index (χ1) is 5.66. The number of nitrogens with one attached hydrogen (secondary N) is 2. The molecule has 2 aromatic heterocycles. The summed E-state index contributed by atoms with van der Waals surface area (Å²) < 4.78 is 0.686. The monoisotopic (exact) mass is 183 g/mol. The first-order valence-electron chi connectivity index (χ1n) is 3.35. The molecule has 0 aliphatic rings.